The minimum absolute atomic E-state index is 0.0932. The number of amides is 2. The van der Waals surface area contributed by atoms with E-state index in [1.807, 2.05) is 30.1 Å². The molecule has 130 valence electrons. The summed E-state index contributed by atoms with van der Waals surface area (Å²) in [5.41, 5.74) is 1.27. The van der Waals surface area contributed by atoms with Gasteiger partial charge in [0.15, 0.2) is 0 Å². The number of rotatable bonds is 5. The van der Waals surface area contributed by atoms with Gasteiger partial charge in [-0.3, -0.25) is 9.59 Å². The molecule has 2 fully saturated rings. The molecule has 3 rings (SSSR count). The van der Waals surface area contributed by atoms with E-state index >= 15 is 0 Å². The summed E-state index contributed by atoms with van der Waals surface area (Å²) in [6, 6.07) is 10.7. The average Bonchev–Trinajstić information content (AvgIpc) is 2.95. The van der Waals surface area contributed by atoms with Crippen LogP contribution < -0.4 is 0 Å². The van der Waals surface area contributed by atoms with E-state index in [4.69, 9.17) is 0 Å². The summed E-state index contributed by atoms with van der Waals surface area (Å²) in [6.07, 6.45) is 7.39. The van der Waals surface area contributed by atoms with E-state index in [2.05, 4.69) is 12.1 Å². The summed E-state index contributed by atoms with van der Waals surface area (Å²) < 4.78 is 0. The van der Waals surface area contributed by atoms with Gasteiger partial charge in [0, 0.05) is 26.1 Å². The predicted octanol–water partition coefficient (Wildman–Crippen LogP) is 2.87. The molecule has 24 heavy (non-hydrogen) atoms. The molecule has 1 atom stereocenters. The first-order valence-corrected chi connectivity index (χ1v) is 9.21. The molecule has 1 saturated heterocycles. The predicted molar refractivity (Wildman–Crippen MR) is 94.5 cm³/mol. The molecule has 0 aromatic heterocycles. The zero-order chi connectivity index (χ0) is 16.9. The second-order valence-electron chi connectivity index (χ2n) is 7.33. The molecule has 2 aliphatic rings. The molecule has 1 heterocycles. The van der Waals surface area contributed by atoms with Crippen molar-refractivity contribution in [3.63, 3.8) is 0 Å². The van der Waals surface area contributed by atoms with E-state index in [0.717, 1.165) is 19.3 Å². The van der Waals surface area contributed by atoms with Crippen LogP contribution in [0, 0.1) is 5.92 Å². The van der Waals surface area contributed by atoms with Crippen LogP contribution in [-0.2, 0) is 16.0 Å². The Morgan fingerprint density at radius 3 is 2.58 bits per heavy atom. The molecule has 0 bridgehead atoms. The standard InChI is InChI=1S/C20H28N2O2/c1-21(18-10-6-3-7-11-18)20(24)15-22-14-17(13-19(22)23)12-16-8-4-2-5-9-16/h2,4-5,8-9,17-18H,3,6-7,10-15H2,1H3. The van der Waals surface area contributed by atoms with E-state index in [1.54, 1.807) is 4.90 Å². The molecule has 4 nitrogen and oxygen atoms in total. The average molecular weight is 328 g/mol. The first-order valence-electron chi connectivity index (χ1n) is 9.21. The van der Waals surface area contributed by atoms with E-state index in [9.17, 15) is 9.59 Å². The molecular formula is C20H28N2O2. The van der Waals surface area contributed by atoms with E-state index in [-0.39, 0.29) is 18.4 Å². The number of carbonyl (C=O) groups excluding carboxylic acids is 2. The monoisotopic (exact) mass is 328 g/mol. The quantitative estimate of drug-likeness (QED) is 0.834. The van der Waals surface area contributed by atoms with Gasteiger partial charge in [-0.25, -0.2) is 0 Å². The Labute approximate surface area is 144 Å². The lowest BCUT2D eigenvalue weighted by molar-refractivity contribution is -0.139. The van der Waals surface area contributed by atoms with Gasteiger partial charge in [0.2, 0.25) is 11.8 Å². The molecule has 0 N–H and O–H groups in total. The number of nitrogens with zero attached hydrogens (tertiary/aromatic N) is 2. The van der Waals surface area contributed by atoms with Crippen LogP contribution in [0.1, 0.15) is 44.1 Å². The summed E-state index contributed by atoms with van der Waals surface area (Å²) in [5, 5.41) is 0. The van der Waals surface area contributed by atoms with Gasteiger partial charge >= 0.3 is 0 Å². The molecule has 1 aliphatic heterocycles. The SMILES string of the molecule is CN(C(=O)CN1CC(Cc2ccccc2)CC1=O)C1CCCCC1. The van der Waals surface area contributed by atoms with Crippen LogP contribution in [0.3, 0.4) is 0 Å². The van der Waals surface area contributed by atoms with Gasteiger partial charge in [0.25, 0.3) is 0 Å². The molecule has 1 aromatic rings. The first-order chi connectivity index (χ1) is 11.6. The number of hydrogen-bond donors (Lipinski definition) is 0. The number of benzene rings is 1. The van der Waals surface area contributed by atoms with Gasteiger partial charge < -0.3 is 9.80 Å². The minimum atomic E-state index is 0.0932. The molecule has 1 unspecified atom stereocenters. The second-order valence-corrected chi connectivity index (χ2v) is 7.33. The minimum Gasteiger partial charge on any atom is -0.341 e. The fourth-order valence-electron chi connectivity index (χ4n) is 4.04. The van der Waals surface area contributed by atoms with Gasteiger partial charge in [0.1, 0.15) is 0 Å². The Bertz CT molecular complexity index is 566. The third kappa shape index (κ3) is 4.16. The number of hydrogen-bond acceptors (Lipinski definition) is 2. The Kier molecular flexibility index (Phi) is 5.54. The summed E-state index contributed by atoms with van der Waals surface area (Å²) in [4.78, 5) is 28.5. The third-order valence-electron chi connectivity index (χ3n) is 5.50. The van der Waals surface area contributed by atoms with Crippen molar-refractivity contribution in [1.82, 2.24) is 9.80 Å². The normalized spacial score (nSPS) is 22.0. The first kappa shape index (κ1) is 17.0. The van der Waals surface area contributed by atoms with Crippen LogP contribution in [0.2, 0.25) is 0 Å². The Hall–Kier alpha value is -1.84. The van der Waals surface area contributed by atoms with Crippen LogP contribution in [-0.4, -0.2) is 47.8 Å². The third-order valence-corrected chi connectivity index (χ3v) is 5.50. The highest BCUT2D eigenvalue weighted by atomic mass is 16.2. The Balaban J connectivity index is 1.51. The van der Waals surface area contributed by atoms with Crippen molar-refractivity contribution in [1.29, 1.82) is 0 Å². The lowest BCUT2D eigenvalue weighted by atomic mass is 9.94. The highest BCUT2D eigenvalue weighted by Gasteiger charge is 2.32. The van der Waals surface area contributed by atoms with Gasteiger partial charge in [-0.2, -0.15) is 0 Å². The molecule has 0 radical (unpaired) electrons. The Morgan fingerprint density at radius 1 is 1.17 bits per heavy atom. The highest BCUT2D eigenvalue weighted by molar-refractivity contribution is 5.86. The van der Waals surface area contributed by atoms with Crippen molar-refractivity contribution in [2.24, 2.45) is 5.92 Å². The summed E-state index contributed by atoms with van der Waals surface area (Å²) in [6.45, 7) is 0.953. The zero-order valence-corrected chi connectivity index (χ0v) is 14.6. The van der Waals surface area contributed by atoms with Gasteiger partial charge in [0.05, 0.1) is 6.54 Å². The van der Waals surface area contributed by atoms with Crippen molar-refractivity contribution in [3.8, 4) is 0 Å². The molecule has 1 aromatic carbocycles. The van der Waals surface area contributed by atoms with Crippen LogP contribution in [0.4, 0.5) is 0 Å². The van der Waals surface area contributed by atoms with E-state index in [0.29, 0.717) is 24.9 Å². The van der Waals surface area contributed by atoms with Crippen LogP contribution in [0.15, 0.2) is 30.3 Å². The number of likely N-dealkylation sites (N-methyl/N-ethyl adjacent to an activating group) is 1. The van der Waals surface area contributed by atoms with Crippen LogP contribution in [0.5, 0.6) is 0 Å². The largest absolute Gasteiger partial charge is 0.341 e. The number of carbonyl (C=O) groups is 2. The molecule has 2 amide bonds. The maximum Gasteiger partial charge on any atom is 0.242 e. The van der Waals surface area contributed by atoms with Gasteiger partial charge in [-0.15, -0.1) is 0 Å². The van der Waals surface area contributed by atoms with Gasteiger partial charge in [-0.05, 0) is 30.7 Å². The van der Waals surface area contributed by atoms with Crippen molar-refractivity contribution in [3.05, 3.63) is 35.9 Å². The zero-order valence-electron chi connectivity index (χ0n) is 14.6. The van der Waals surface area contributed by atoms with Crippen molar-refractivity contribution in [2.45, 2.75) is 51.0 Å². The molecule has 1 aliphatic carbocycles. The molecule has 1 saturated carbocycles. The summed E-state index contributed by atoms with van der Waals surface area (Å²) in [7, 11) is 1.90. The van der Waals surface area contributed by atoms with E-state index < -0.39 is 0 Å². The fraction of sp³-hybridized carbons (Fsp3) is 0.600. The van der Waals surface area contributed by atoms with Crippen LogP contribution >= 0.6 is 0 Å². The fourth-order valence-corrected chi connectivity index (χ4v) is 4.04. The molecule has 0 spiro atoms. The van der Waals surface area contributed by atoms with E-state index in [1.165, 1.54) is 24.8 Å². The topological polar surface area (TPSA) is 40.6 Å². The second kappa shape index (κ2) is 7.82. The van der Waals surface area contributed by atoms with Crippen molar-refractivity contribution >= 4 is 11.8 Å². The summed E-state index contributed by atoms with van der Waals surface area (Å²) in [5.74, 6) is 0.546. The maximum absolute atomic E-state index is 12.5. The molecular weight excluding hydrogens is 300 g/mol. The molecule has 4 heteroatoms. The Morgan fingerprint density at radius 2 is 1.88 bits per heavy atom. The highest BCUT2D eigenvalue weighted by Crippen LogP contribution is 2.24. The maximum atomic E-state index is 12.5. The lowest BCUT2D eigenvalue weighted by Crippen LogP contribution is -2.44. The smallest absolute Gasteiger partial charge is 0.242 e. The van der Waals surface area contributed by atoms with Crippen molar-refractivity contribution < 1.29 is 9.59 Å². The van der Waals surface area contributed by atoms with Crippen molar-refractivity contribution in [2.75, 3.05) is 20.1 Å². The van der Waals surface area contributed by atoms with Gasteiger partial charge in [-0.1, -0.05) is 49.6 Å². The number of likely N-dealkylation sites (tertiary alicyclic amines) is 1. The lowest BCUT2D eigenvalue weighted by Gasteiger charge is -2.32. The van der Waals surface area contributed by atoms with Crippen LogP contribution in [0.25, 0.3) is 0 Å². The summed E-state index contributed by atoms with van der Waals surface area (Å²) >= 11 is 0.